The van der Waals surface area contributed by atoms with E-state index in [-0.39, 0.29) is 0 Å². The van der Waals surface area contributed by atoms with Gasteiger partial charge in [0.1, 0.15) is 5.54 Å². The molecule has 2 N–H and O–H groups in total. The van der Waals surface area contributed by atoms with Crippen LogP contribution in [0.5, 0.6) is 0 Å². The third-order valence-corrected chi connectivity index (χ3v) is 0.940. The summed E-state index contributed by atoms with van der Waals surface area (Å²) in [5.74, 6) is 0. The van der Waals surface area contributed by atoms with E-state index in [9.17, 15) is 17.6 Å². The van der Waals surface area contributed by atoms with Gasteiger partial charge >= 0.3 is 0 Å². The van der Waals surface area contributed by atoms with Crippen molar-refractivity contribution in [3.63, 3.8) is 0 Å². The van der Waals surface area contributed by atoms with Gasteiger partial charge in [0.25, 0.3) is 12.9 Å². The van der Waals surface area contributed by atoms with Crippen LogP contribution in [-0.2, 0) is 0 Å². The van der Waals surface area contributed by atoms with Gasteiger partial charge in [-0.3, -0.25) is 0 Å². The summed E-state index contributed by atoms with van der Waals surface area (Å²) >= 11 is 0. The zero-order valence-corrected chi connectivity index (χ0v) is 4.74. The SMILES string of the molecule is CC(N)(C(F)F)C(F)F. The van der Waals surface area contributed by atoms with Gasteiger partial charge in [-0.15, -0.1) is 0 Å². The van der Waals surface area contributed by atoms with Gasteiger partial charge in [-0.25, -0.2) is 17.6 Å². The molecule has 0 aliphatic heterocycles. The van der Waals surface area contributed by atoms with Crippen LogP contribution in [0.15, 0.2) is 0 Å². The Morgan fingerprint density at radius 1 is 1.11 bits per heavy atom. The van der Waals surface area contributed by atoms with Crippen molar-refractivity contribution < 1.29 is 17.6 Å². The first-order chi connectivity index (χ1) is 3.89. The van der Waals surface area contributed by atoms with Gasteiger partial charge in [0.2, 0.25) is 0 Å². The van der Waals surface area contributed by atoms with Gasteiger partial charge < -0.3 is 5.73 Å². The van der Waals surface area contributed by atoms with Crippen LogP contribution in [-0.4, -0.2) is 18.4 Å². The molecule has 0 amide bonds. The molecule has 0 aliphatic carbocycles. The summed E-state index contributed by atoms with van der Waals surface area (Å²) in [5.41, 5.74) is 1.84. The summed E-state index contributed by atoms with van der Waals surface area (Å²) in [6.45, 7) is 0.613. The molecule has 56 valence electrons. The van der Waals surface area contributed by atoms with Gasteiger partial charge in [-0.1, -0.05) is 0 Å². The monoisotopic (exact) mass is 145 g/mol. The first-order valence-electron chi connectivity index (χ1n) is 2.24. The Morgan fingerprint density at radius 2 is 1.33 bits per heavy atom. The molecule has 0 radical (unpaired) electrons. The van der Waals surface area contributed by atoms with E-state index in [1.807, 2.05) is 0 Å². The van der Waals surface area contributed by atoms with Crippen molar-refractivity contribution in [1.82, 2.24) is 0 Å². The highest BCUT2D eigenvalue weighted by atomic mass is 19.3. The summed E-state index contributed by atoms with van der Waals surface area (Å²) in [7, 11) is 0. The van der Waals surface area contributed by atoms with Crippen molar-refractivity contribution in [2.24, 2.45) is 5.73 Å². The van der Waals surface area contributed by atoms with E-state index in [1.165, 1.54) is 0 Å². The van der Waals surface area contributed by atoms with Crippen molar-refractivity contribution >= 4 is 0 Å². The molecule has 5 heteroatoms. The van der Waals surface area contributed by atoms with Crippen LogP contribution in [0.2, 0.25) is 0 Å². The lowest BCUT2D eigenvalue weighted by atomic mass is 10.1. The summed E-state index contributed by atoms with van der Waals surface area (Å²) in [6, 6.07) is 0. The molecule has 0 aromatic rings. The quantitative estimate of drug-likeness (QED) is 0.581. The molecule has 9 heavy (non-hydrogen) atoms. The second kappa shape index (κ2) is 2.51. The zero-order valence-electron chi connectivity index (χ0n) is 4.74. The number of rotatable bonds is 2. The third kappa shape index (κ3) is 1.82. The molecule has 0 saturated heterocycles. The summed E-state index contributed by atoms with van der Waals surface area (Å²) < 4.78 is 45.8. The van der Waals surface area contributed by atoms with Crippen molar-refractivity contribution in [1.29, 1.82) is 0 Å². The maximum absolute atomic E-state index is 11.5. The van der Waals surface area contributed by atoms with Crippen LogP contribution in [0.25, 0.3) is 0 Å². The Hall–Kier alpha value is -0.320. The molecule has 0 unspecified atom stereocenters. The lowest BCUT2D eigenvalue weighted by Gasteiger charge is -2.21. The van der Waals surface area contributed by atoms with Crippen LogP contribution in [0.4, 0.5) is 17.6 Å². The highest BCUT2D eigenvalue weighted by Crippen LogP contribution is 2.19. The average Bonchev–Trinajstić information content (AvgIpc) is 1.65. The minimum Gasteiger partial charge on any atom is -0.316 e. The Bertz CT molecular complexity index is 80.6. The van der Waals surface area contributed by atoms with Gasteiger partial charge in [0.15, 0.2) is 0 Å². The van der Waals surface area contributed by atoms with Gasteiger partial charge in [-0.05, 0) is 6.92 Å². The Labute approximate surface area is 49.8 Å². The Balaban J connectivity index is 4.01. The number of halogens is 4. The van der Waals surface area contributed by atoms with E-state index in [0.29, 0.717) is 6.92 Å². The zero-order chi connectivity index (χ0) is 7.65. The van der Waals surface area contributed by atoms with Gasteiger partial charge in [0.05, 0.1) is 0 Å². The lowest BCUT2D eigenvalue weighted by molar-refractivity contribution is -0.0387. The molecule has 0 heterocycles. The molecule has 0 rings (SSSR count). The van der Waals surface area contributed by atoms with E-state index in [0.717, 1.165) is 0 Å². The highest BCUT2D eigenvalue weighted by Gasteiger charge is 2.39. The van der Waals surface area contributed by atoms with Crippen molar-refractivity contribution in [3.05, 3.63) is 0 Å². The molecule has 0 saturated carbocycles. The molecule has 1 nitrogen and oxygen atoms in total. The second-order valence-electron chi connectivity index (χ2n) is 1.97. The molecular formula is C4H7F4N. The maximum atomic E-state index is 11.5. The average molecular weight is 145 g/mol. The number of alkyl halides is 4. The largest absolute Gasteiger partial charge is 0.316 e. The molecule has 0 aliphatic rings. The summed E-state index contributed by atoms with van der Waals surface area (Å²) in [6.07, 6.45) is -6.37. The first kappa shape index (κ1) is 8.68. The van der Waals surface area contributed by atoms with E-state index in [1.54, 1.807) is 0 Å². The topological polar surface area (TPSA) is 26.0 Å². The summed E-state index contributed by atoms with van der Waals surface area (Å²) in [4.78, 5) is 0. The number of nitrogens with two attached hydrogens (primary N) is 1. The fourth-order valence-electron chi connectivity index (χ4n) is 0.0952. The van der Waals surface area contributed by atoms with Crippen LogP contribution < -0.4 is 5.73 Å². The molecule has 0 bridgehead atoms. The fraction of sp³-hybridized carbons (Fsp3) is 1.00. The molecule has 0 spiro atoms. The van der Waals surface area contributed by atoms with Crippen LogP contribution in [0.3, 0.4) is 0 Å². The predicted octanol–water partition coefficient (Wildman–Crippen LogP) is 1.23. The molecule has 0 fully saturated rings. The number of hydrogen-bond acceptors (Lipinski definition) is 1. The minimum absolute atomic E-state index is 0.613. The van der Waals surface area contributed by atoms with E-state index >= 15 is 0 Å². The van der Waals surface area contributed by atoms with Crippen LogP contribution in [0.1, 0.15) is 6.92 Å². The molecular weight excluding hydrogens is 138 g/mol. The lowest BCUT2D eigenvalue weighted by Crippen LogP contribution is -2.50. The maximum Gasteiger partial charge on any atom is 0.261 e. The predicted molar refractivity (Wildman–Crippen MR) is 24.6 cm³/mol. The van der Waals surface area contributed by atoms with Crippen molar-refractivity contribution in [3.8, 4) is 0 Å². The smallest absolute Gasteiger partial charge is 0.261 e. The van der Waals surface area contributed by atoms with Crippen LogP contribution >= 0.6 is 0 Å². The molecule has 0 aromatic heterocycles. The Morgan fingerprint density at radius 3 is 1.33 bits per heavy atom. The van der Waals surface area contributed by atoms with Gasteiger partial charge in [-0.2, -0.15) is 0 Å². The standard InChI is InChI=1S/C4H7F4N/c1-4(9,2(5)6)3(7)8/h2-3H,9H2,1H3. The van der Waals surface area contributed by atoms with Gasteiger partial charge in [0, 0.05) is 0 Å². The summed E-state index contributed by atoms with van der Waals surface area (Å²) in [5, 5.41) is 0. The Kier molecular flexibility index (Phi) is 2.42. The highest BCUT2D eigenvalue weighted by molar-refractivity contribution is 4.83. The van der Waals surface area contributed by atoms with Crippen LogP contribution in [0, 0.1) is 0 Å². The first-order valence-corrected chi connectivity index (χ1v) is 2.24. The normalized spacial score (nSPS) is 13.3. The molecule has 0 atom stereocenters. The van der Waals surface area contributed by atoms with Crippen molar-refractivity contribution in [2.45, 2.75) is 25.3 Å². The minimum atomic E-state index is -3.18. The van der Waals surface area contributed by atoms with E-state index < -0.39 is 18.4 Å². The third-order valence-electron chi connectivity index (χ3n) is 0.940. The van der Waals surface area contributed by atoms with E-state index in [4.69, 9.17) is 0 Å². The fourth-order valence-corrected chi connectivity index (χ4v) is 0.0952. The second-order valence-corrected chi connectivity index (χ2v) is 1.97. The van der Waals surface area contributed by atoms with Crippen molar-refractivity contribution in [2.75, 3.05) is 0 Å². The molecule has 0 aromatic carbocycles. The number of hydrogen-bond donors (Lipinski definition) is 1. The van der Waals surface area contributed by atoms with E-state index in [2.05, 4.69) is 5.73 Å².